The highest BCUT2D eigenvalue weighted by Gasteiger charge is 2.45. The van der Waals surface area contributed by atoms with Crippen LogP contribution in [-0.4, -0.2) is 66.6 Å². The normalized spacial score (nSPS) is 28.4. The standard InChI is InChI=1S/C18H24N2O4S.HNO3/c1-25(21,22)20-5-2-3-13-10-19-6-4-12-7-17-18(24-11-23-17)8-14(12)16(19)9-15(13)20;2-1(3)4/h7-8,13,15-16H,2-6,9-11H2,1H3;(H,2,3,4)/t13-,15+,16+;/m1./s1. The molecule has 4 heterocycles. The number of piperidine rings is 2. The van der Waals surface area contributed by atoms with Crippen LogP contribution in [-0.2, 0) is 16.4 Å². The second-order valence-electron chi connectivity index (χ2n) is 7.98. The molecule has 0 radical (unpaired) electrons. The van der Waals surface area contributed by atoms with Crippen LogP contribution < -0.4 is 9.47 Å². The van der Waals surface area contributed by atoms with Crippen LogP contribution in [0, 0.1) is 16.0 Å². The van der Waals surface area contributed by atoms with E-state index in [1.807, 2.05) is 0 Å². The fourth-order valence-corrected chi connectivity index (χ4v) is 6.42. The van der Waals surface area contributed by atoms with E-state index < -0.39 is 15.1 Å². The van der Waals surface area contributed by atoms with Gasteiger partial charge in [-0.1, -0.05) is 0 Å². The van der Waals surface area contributed by atoms with Crippen molar-refractivity contribution in [1.82, 2.24) is 9.21 Å². The summed E-state index contributed by atoms with van der Waals surface area (Å²) in [7, 11) is -3.15. The van der Waals surface area contributed by atoms with Crippen molar-refractivity contribution in [3.63, 3.8) is 0 Å². The van der Waals surface area contributed by atoms with Gasteiger partial charge in [0, 0.05) is 31.7 Å². The van der Waals surface area contributed by atoms with Gasteiger partial charge in [-0.2, -0.15) is 4.31 Å². The highest BCUT2D eigenvalue weighted by Crippen LogP contribution is 2.46. The lowest BCUT2D eigenvalue weighted by molar-refractivity contribution is -0.742. The van der Waals surface area contributed by atoms with Gasteiger partial charge >= 0.3 is 0 Å². The maximum Gasteiger partial charge on any atom is 0.291 e. The summed E-state index contributed by atoms with van der Waals surface area (Å²) in [4.78, 5) is 10.9. The van der Waals surface area contributed by atoms with Crippen LogP contribution in [0.15, 0.2) is 12.1 Å². The van der Waals surface area contributed by atoms with E-state index in [0.717, 1.165) is 50.3 Å². The summed E-state index contributed by atoms with van der Waals surface area (Å²) in [5.41, 5.74) is 2.62. The lowest BCUT2D eigenvalue weighted by atomic mass is 9.77. The zero-order valence-electron chi connectivity index (χ0n) is 16.2. The van der Waals surface area contributed by atoms with E-state index in [-0.39, 0.29) is 12.1 Å². The monoisotopic (exact) mass is 427 g/mol. The number of hydrogen-bond donors (Lipinski definition) is 1. The molecule has 0 unspecified atom stereocenters. The SMILES string of the molecule is CS(=O)(=O)N1CCC[C@@H]2CN3CCc4cc5c(cc4[C@@H]3C[C@@H]21)OCO5.O=[N+]([O-])O. The molecular weight excluding hydrogens is 402 g/mol. The van der Waals surface area contributed by atoms with Crippen LogP contribution in [0.2, 0.25) is 0 Å². The molecule has 2 fully saturated rings. The van der Waals surface area contributed by atoms with Crippen molar-refractivity contribution in [3.8, 4) is 11.5 Å². The van der Waals surface area contributed by atoms with Gasteiger partial charge in [0.25, 0.3) is 5.09 Å². The third-order valence-corrected chi connectivity index (χ3v) is 7.64. The Balaban J connectivity index is 0.000000472. The number of sulfonamides is 1. The Hall–Kier alpha value is -2.11. The zero-order valence-corrected chi connectivity index (χ0v) is 17.0. The second kappa shape index (κ2) is 7.62. The molecule has 160 valence electrons. The van der Waals surface area contributed by atoms with Crippen molar-refractivity contribution in [2.75, 3.05) is 32.7 Å². The van der Waals surface area contributed by atoms with E-state index in [9.17, 15) is 8.42 Å². The van der Waals surface area contributed by atoms with Crippen LogP contribution in [0.1, 0.15) is 36.4 Å². The quantitative estimate of drug-likeness (QED) is 0.527. The minimum absolute atomic E-state index is 0.126. The van der Waals surface area contributed by atoms with Crippen molar-refractivity contribution in [1.29, 1.82) is 0 Å². The maximum absolute atomic E-state index is 12.3. The van der Waals surface area contributed by atoms with Crippen LogP contribution in [0.3, 0.4) is 0 Å². The molecule has 4 aliphatic rings. The molecule has 0 aliphatic carbocycles. The van der Waals surface area contributed by atoms with Crippen molar-refractivity contribution in [2.45, 2.75) is 37.8 Å². The highest BCUT2D eigenvalue weighted by atomic mass is 32.2. The van der Waals surface area contributed by atoms with Crippen LogP contribution in [0.4, 0.5) is 0 Å². The molecule has 5 rings (SSSR count). The fraction of sp³-hybridized carbons (Fsp3) is 0.667. The molecule has 0 aromatic heterocycles. The zero-order chi connectivity index (χ0) is 20.8. The molecule has 1 aromatic carbocycles. The van der Waals surface area contributed by atoms with Gasteiger partial charge in [0.1, 0.15) is 0 Å². The second-order valence-corrected chi connectivity index (χ2v) is 9.92. The van der Waals surface area contributed by atoms with Gasteiger partial charge < -0.3 is 14.7 Å². The molecule has 1 N–H and O–H groups in total. The predicted octanol–water partition coefficient (Wildman–Crippen LogP) is 1.41. The minimum Gasteiger partial charge on any atom is -0.454 e. The number of hydrogen-bond acceptors (Lipinski definition) is 7. The Labute approximate surface area is 169 Å². The smallest absolute Gasteiger partial charge is 0.291 e. The number of nitrogens with zero attached hydrogens (tertiary/aromatic N) is 3. The molecule has 0 bridgehead atoms. The summed E-state index contributed by atoms with van der Waals surface area (Å²) in [6.45, 7) is 2.99. The average molecular weight is 427 g/mol. The summed E-state index contributed by atoms with van der Waals surface area (Å²) in [5.74, 6) is 2.12. The first-order valence-electron chi connectivity index (χ1n) is 9.70. The molecule has 0 saturated carbocycles. The highest BCUT2D eigenvalue weighted by molar-refractivity contribution is 7.88. The summed E-state index contributed by atoms with van der Waals surface area (Å²) in [6, 6.07) is 4.65. The largest absolute Gasteiger partial charge is 0.454 e. The first-order valence-corrected chi connectivity index (χ1v) is 11.6. The molecule has 1 aromatic rings. The Morgan fingerprint density at radius 1 is 1.24 bits per heavy atom. The van der Waals surface area contributed by atoms with E-state index in [2.05, 4.69) is 17.0 Å². The minimum atomic E-state index is -3.15. The molecule has 0 spiro atoms. The van der Waals surface area contributed by atoms with Gasteiger partial charge in [0.05, 0.1) is 6.26 Å². The van der Waals surface area contributed by atoms with Gasteiger partial charge in [0.2, 0.25) is 16.8 Å². The van der Waals surface area contributed by atoms with E-state index >= 15 is 0 Å². The Kier molecular flexibility index (Phi) is 5.30. The van der Waals surface area contributed by atoms with Crippen molar-refractivity contribution >= 4 is 10.0 Å². The van der Waals surface area contributed by atoms with E-state index in [1.54, 1.807) is 4.31 Å². The van der Waals surface area contributed by atoms with E-state index in [1.165, 1.54) is 17.4 Å². The summed E-state index contributed by atoms with van der Waals surface area (Å²) >= 11 is 0. The molecular formula is C18H25N3O7S. The third kappa shape index (κ3) is 3.99. The molecule has 0 amide bonds. The first kappa shape index (κ1) is 20.2. The summed E-state index contributed by atoms with van der Waals surface area (Å²) in [5, 5.41) is 13.6. The van der Waals surface area contributed by atoms with E-state index in [0.29, 0.717) is 19.3 Å². The number of benzene rings is 1. The van der Waals surface area contributed by atoms with Gasteiger partial charge in [-0.3, -0.25) is 4.90 Å². The van der Waals surface area contributed by atoms with Gasteiger partial charge in [0.15, 0.2) is 11.5 Å². The lowest BCUT2D eigenvalue weighted by Gasteiger charge is -2.51. The lowest BCUT2D eigenvalue weighted by Crippen LogP contribution is -2.57. The molecule has 29 heavy (non-hydrogen) atoms. The molecule has 2 saturated heterocycles. The first-order chi connectivity index (χ1) is 13.7. The Morgan fingerprint density at radius 2 is 1.93 bits per heavy atom. The molecule has 4 aliphatic heterocycles. The van der Waals surface area contributed by atoms with Crippen LogP contribution in [0.5, 0.6) is 11.5 Å². The predicted molar refractivity (Wildman–Crippen MR) is 102 cm³/mol. The van der Waals surface area contributed by atoms with Gasteiger partial charge in [-0.15, -0.1) is 10.1 Å². The number of ether oxygens (including phenoxy) is 2. The molecule has 3 atom stereocenters. The summed E-state index contributed by atoms with van der Waals surface area (Å²) < 4.78 is 37.4. The average Bonchev–Trinajstić information content (AvgIpc) is 3.10. The number of fused-ring (bicyclic) bond motifs is 5. The topological polar surface area (TPSA) is 122 Å². The van der Waals surface area contributed by atoms with Crippen LogP contribution in [0.25, 0.3) is 0 Å². The van der Waals surface area contributed by atoms with Crippen molar-refractivity contribution < 1.29 is 28.2 Å². The Bertz CT molecular complexity index is 903. The van der Waals surface area contributed by atoms with Crippen molar-refractivity contribution in [3.05, 3.63) is 33.4 Å². The molecule has 11 heteroatoms. The summed E-state index contributed by atoms with van der Waals surface area (Å²) in [6.07, 6.45) is 5.37. The maximum atomic E-state index is 12.3. The van der Waals surface area contributed by atoms with Gasteiger partial charge in [-0.05, 0) is 54.9 Å². The third-order valence-electron chi connectivity index (χ3n) is 6.33. The Morgan fingerprint density at radius 3 is 2.62 bits per heavy atom. The number of rotatable bonds is 1. The van der Waals surface area contributed by atoms with Gasteiger partial charge in [-0.25, -0.2) is 8.42 Å². The molecule has 10 nitrogen and oxygen atoms in total. The van der Waals surface area contributed by atoms with Crippen molar-refractivity contribution in [2.24, 2.45) is 5.92 Å². The fourth-order valence-electron chi connectivity index (χ4n) is 5.21. The van der Waals surface area contributed by atoms with E-state index in [4.69, 9.17) is 24.8 Å². The van der Waals surface area contributed by atoms with Crippen LogP contribution >= 0.6 is 0 Å².